The fourth-order valence-corrected chi connectivity index (χ4v) is 2.54. The van der Waals surface area contributed by atoms with Gasteiger partial charge in [-0.3, -0.25) is 9.59 Å². The van der Waals surface area contributed by atoms with Gasteiger partial charge in [0.05, 0.1) is 6.04 Å². The van der Waals surface area contributed by atoms with Crippen molar-refractivity contribution in [1.82, 2.24) is 5.32 Å². The average Bonchev–Trinajstić information content (AvgIpc) is 2.46. The Kier molecular flexibility index (Phi) is 5.33. The minimum absolute atomic E-state index is 0.000152. The molecule has 3 N–H and O–H groups in total. The summed E-state index contributed by atoms with van der Waals surface area (Å²) in [6.07, 6.45) is 2.60. The predicted octanol–water partition coefficient (Wildman–Crippen LogP) is 2.03. The molecule has 0 aromatic heterocycles. The zero-order valence-electron chi connectivity index (χ0n) is 12.3. The van der Waals surface area contributed by atoms with Crippen LogP contribution in [0.3, 0.4) is 0 Å². The molecule has 1 aromatic carbocycles. The Morgan fingerprint density at radius 1 is 1.33 bits per heavy atom. The maximum Gasteiger partial charge on any atom is 0.303 e. The molecule has 1 fully saturated rings. The maximum atomic E-state index is 12.2. The first-order valence-electron chi connectivity index (χ1n) is 7.39. The summed E-state index contributed by atoms with van der Waals surface area (Å²) in [7, 11) is 0. The molecule has 114 valence electrons. The van der Waals surface area contributed by atoms with E-state index in [0.717, 1.165) is 30.6 Å². The number of carboxylic acids is 1. The van der Waals surface area contributed by atoms with E-state index in [1.165, 1.54) is 0 Å². The van der Waals surface area contributed by atoms with Gasteiger partial charge in [0.2, 0.25) is 5.91 Å². The number of benzene rings is 1. The molecule has 0 radical (unpaired) electrons. The molecule has 1 aliphatic heterocycles. The Bertz CT molecular complexity index is 499. The lowest BCUT2D eigenvalue weighted by molar-refractivity contribution is -0.137. The quantitative estimate of drug-likeness (QED) is 0.775. The molecule has 0 spiro atoms. The first-order chi connectivity index (χ1) is 10.0. The highest BCUT2D eigenvalue weighted by Crippen LogP contribution is 2.17. The van der Waals surface area contributed by atoms with Crippen LogP contribution in [-0.4, -0.2) is 29.6 Å². The molecule has 1 amide bonds. The van der Waals surface area contributed by atoms with Gasteiger partial charge in [0.1, 0.15) is 0 Å². The number of hydrogen-bond acceptors (Lipinski definition) is 3. The largest absolute Gasteiger partial charge is 0.481 e. The van der Waals surface area contributed by atoms with Crippen LogP contribution in [0.1, 0.15) is 31.7 Å². The van der Waals surface area contributed by atoms with E-state index < -0.39 is 5.97 Å². The average molecular weight is 290 g/mol. The summed E-state index contributed by atoms with van der Waals surface area (Å²) < 4.78 is 0. The highest BCUT2D eigenvalue weighted by Gasteiger charge is 2.24. The SMILES string of the molecule is CC1CCNC(C(=O)Nc2ccc(CCC(=O)O)cc2)C1. The molecule has 1 aliphatic rings. The van der Waals surface area contributed by atoms with Crippen molar-refractivity contribution in [2.75, 3.05) is 11.9 Å². The maximum absolute atomic E-state index is 12.2. The van der Waals surface area contributed by atoms with Gasteiger partial charge in [0, 0.05) is 12.1 Å². The number of carbonyl (C=O) groups excluding carboxylic acids is 1. The zero-order valence-corrected chi connectivity index (χ0v) is 12.3. The number of anilines is 1. The summed E-state index contributed by atoms with van der Waals surface area (Å²) in [5.74, 6) is -0.231. The number of aryl methyl sites for hydroxylation is 1. The van der Waals surface area contributed by atoms with Gasteiger partial charge in [-0.15, -0.1) is 0 Å². The highest BCUT2D eigenvalue weighted by atomic mass is 16.4. The minimum atomic E-state index is -0.801. The molecule has 2 rings (SSSR count). The van der Waals surface area contributed by atoms with Crippen molar-refractivity contribution < 1.29 is 14.7 Å². The van der Waals surface area contributed by atoms with Crippen LogP contribution in [0.25, 0.3) is 0 Å². The van der Waals surface area contributed by atoms with Gasteiger partial charge >= 0.3 is 5.97 Å². The lowest BCUT2D eigenvalue weighted by Crippen LogP contribution is -2.45. The van der Waals surface area contributed by atoms with Gasteiger partial charge in [0.15, 0.2) is 0 Å². The van der Waals surface area contributed by atoms with Crippen molar-refractivity contribution in [3.8, 4) is 0 Å². The number of rotatable bonds is 5. The van der Waals surface area contributed by atoms with E-state index >= 15 is 0 Å². The van der Waals surface area contributed by atoms with Gasteiger partial charge in [-0.05, 0) is 49.4 Å². The van der Waals surface area contributed by atoms with Crippen LogP contribution in [-0.2, 0) is 16.0 Å². The molecular weight excluding hydrogens is 268 g/mol. The summed E-state index contributed by atoms with van der Waals surface area (Å²) in [4.78, 5) is 22.7. The molecule has 2 unspecified atom stereocenters. The van der Waals surface area contributed by atoms with Gasteiger partial charge < -0.3 is 15.7 Å². The number of nitrogens with one attached hydrogen (secondary N) is 2. The standard InChI is InChI=1S/C16H22N2O3/c1-11-8-9-17-14(10-11)16(21)18-13-5-2-12(3-6-13)4-7-15(19)20/h2-3,5-6,11,14,17H,4,7-10H2,1H3,(H,18,21)(H,19,20). The monoisotopic (exact) mass is 290 g/mol. The van der Waals surface area contributed by atoms with E-state index in [1.807, 2.05) is 24.3 Å². The second kappa shape index (κ2) is 7.22. The number of carboxylic acid groups (broad SMARTS) is 1. The molecular formula is C16H22N2O3. The van der Waals surface area contributed by atoms with Crippen LogP contribution < -0.4 is 10.6 Å². The van der Waals surface area contributed by atoms with Crippen molar-refractivity contribution in [2.45, 2.75) is 38.6 Å². The Morgan fingerprint density at radius 2 is 2.05 bits per heavy atom. The van der Waals surface area contributed by atoms with E-state index in [0.29, 0.717) is 12.3 Å². The van der Waals surface area contributed by atoms with Gasteiger partial charge in [0.25, 0.3) is 0 Å². The number of aliphatic carboxylic acids is 1. The van der Waals surface area contributed by atoms with Crippen molar-refractivity contribution in [1.29, 1.82) is 0 Å². The molecule has 5 nitrogen and oxygen atoms in total. The molecule has 5 heteroatoms. The molecule has 0 aliphatic carbocycles. The summed E-state index contributed by atoms with van der Waals surface area (Å²) in [6.45, 7) is 3.05. The van der Waals surface area contributed by atoms with Crippen LogP contribution in [0.5, 0.6) is 0 Å². The molecule has 2 atom stereocenters. The Morgan fingerprint density at radius 3 is 2.67 bits per heavy atom. The third-order valence-electron chi connectivity index (χ3n) is 3.83. The normalized spacial score (nSPS) is 21.8. The first-order valence-corrected chi connectivity index (χ1v) is 7.39. The molecule has 1 saturated heterocycles. The summed E-state index contributed by atoms with van der Waals surface area (Å²) >= 11 is 0. The van der Waals surface area contributed by atoms with Crippen LogP contribution in [0.2, 0.25) is 0 Å². The summed E-state index contributed by atoms with van der Waals surface area (Å²) in [5.41, 5.74) is 1.71. The van der Waals surface area contributed by atoms with E-state index in [4.69, 9.17) is 5.11 Å². The summed E-state index contributed by atoms with van der Waals surface area (Å²) in [6, 6.07) is 7.23. The number of hydrogen-bond donors (Lipinski definition) is 3. The number of carbonyl (C=O) groups is 2. The van der Waals surface area contributed by atoms with Gasteiger partial charge in [-0.25, -0.2) is 0 Å². The molecule has 0 bridgehead atoms. The fourth-order valence-electron chi connectivity index (χ4n) is 2.54. The lowest BCUT2D eigenvalue weighted by Gasteiger charge is -2.27. The molecule has 21 heavy (non-hydrogen) atoms. The van der Waals surface area contributed by atoms with Crippen molar-refractivity contribution in [2.24, 2.45) is 5.92 Å². The number of piperidine rings is 1. The van der Waals surface area contributed by atoms with Crippen molar-refractivity contribution >= 4 is 17.6 Å². The first kappa shape index (κ1) is 15.5. The van der Waals surface area contributed by atoms with E-state index in [-0.39, 0.29) is 18.4 Å². The van der Waals surface area contributed by atoms with Crippen LogP contribution in [0, 0.1) is 5.92 Å². The van der Waals surface area contributed by atoms with Crippen LogP contribution >= 0.6 is 0 Å². The number of amides is 1. The third-order valence-corrected chi connectivity index (χ3v) is 3.83. The lowest BCUT2D eigenvalue weighted by atomic mass is 9.94. The van der Waals surface area contributed by atoms with Crippen LogP contribution in [0.15, 0.2) is 24.3 Å². The van der Waals surface area contributed by atoms with E-state index in [9.17, 15) is 9.59 Å². The molecule has 1 aromatic rings. The van der Waals surface area contributed by atoms with E-state index in [2.05, 4.69) is 17.6 Å². The minimum Gasteiger partial charge on any atom is -0.481 e. The third kappa shape index (κ3) is 4.86. The zero-order chi connectivity index (χ0) is 15.2. The Hall–Kier alpha value is -1.88. The molecule has 0 saturated carbocycles. The summed E-state index contributed by atoms with van der Waals surface area (Å²) in [5, 5.41) is 14.8. The van der Waals surface area contributed by atoms with Crippen molar-refractivity contribution in [3.63, 3.8) is 0 Å². The van der Waals surface area contributed by atoms with Crippen LogP contribution in [0.4, 0.5) is 5.69 Å². The smallest absolute Gasteiger partial charge is 0.303 e. The molecule has 1 heterocycles. The second-order valence-electron chi connectivity index (χ2n) is 5.72. The predicted molar refractivity (Wildman–Crippen MR) is 81.2 cm³/mol. The van der Waals surface area contributed by atoms with Gasteiger partial charge in [-0.2, -0.15) is 0 Å². The van der Waals surface area contributed by atoms with Crippen molar-refractivity contribution in [3.05, 3.63) is 29.8 Å². The van der Waals surface area contributed by atoms with Gasteiger partial charge in [-0.1, -0.05) is 19.1 Å². The Balaban J connectivity index is 1.87. The highest BCUT2D eigenvalue weighted by molar-refractivity contribution is 5.94. The second-order valence-corrected chi connectivity index (χ2v) is 5.72. The van der Waals surface area contributed by atoms with E-state index in [1.54, 1.807) is 0 Å². The Labute approximate surface area is 124 Å². The topological polar surface area (TPSA) is 78.4 Å². The fraction of sp³-hybridized carbons (Fsp3) is 0.500.